The Kier molecular flexibility index (Phi) is 5.78. The molecule has 1 saturated carbocycles. The number of hydrogen-bond donors (Lipinski definition) is 1. The van der Waals surface area contributed by atoms with Crippen molar-refractivity contribution < 1.29 is 9.59 Å². The fourth-order valence-electron chi connectivity index (χ4n) is 4.88. The van der Waals surface area contributed by atoms with Crippen LogP contribution >= 0.6 is 23.2 Å². The average molecular weight is 494 g/mol. The average Bonchev–Trinajstić information content (AvgIpc) is 3.42. The van der Waals surface area contributed by atoms with Crippen LogP contribution in [-0.4, -0.2) is 32.0 Å². The minimum absolute atomic E-state index is 0.0960. The maximum atomic E-state index is 13.4. The van der Waals surface area contributed by atoms with Crippen molar-refractivity contribution in [1.29, 1.82) is 0 Å². The fraction of sp³-hybridized carbons (Fsp3) is 0.259. The van der Waals surface area contributed by atoms with Crippen molar-refractivity contribution >= 4 is 46.4 Å². The van der Waals surface area contributed by atoms with Gasteiger partial charge in [0.2, 0.25) is 5.91 Å². The first-order chi connectivity index (χ1) is 16.2. The number of rotatable bonds is 5. The quantitative estimate of drug-likeness (QED) is 0.488. The third-order valence-electron chi connectivity index (χ3n) is 6.94. The summed E-state index contributed by atoms with van der Waals surface area (Å²) in [5, 5.41) is 1.14. The maximum Gasteiger partial charge on any atom is 0.258 e. The van der Waals surface area contributed by atoms with E-state index in [0.29, 0.717) is 21.2 Å². The van der Waals surface area contributed by atoms with Crippen LogP contribution in [0.3, 0.4) is 0 Å². The molecule has 174 valence electrons. The Morgan fingerprint density at radius 3 is 2.41 bits per heavy atom. The predicted octanol–water partition coefficient (Wildman–Crippen LogP) is 5.80. The summed E-state index contributed by atoms with van der Waals surface area (Å²) in [6.45, 7) is 3.83. The zero-order chi connectivity index (χ0) is 24.1. The predicted molar refractivity (Wildman–Crippen MR) is 138 cm³/mol. The van der Waals surface area contributed by atoms with Crippen LogP contribution in [0.4, 0.5) is 11.4 Å². The molecular formula is C27H25Cl2N3O2. The van der Waals surface area contributed by atoms with Crippen molar-refractivity contribution in [1.82, 2.24) is 0 Å². The first kappa shape index (κ1) is 22.8. The molecule has 2 N–H and O–H groups in total. The molecular weight excluding hydrogens is 469 g/mol. The van der Waals surface area contributed by atoms with Gasteiger partial charge in [-0.2, -0.15) is 0 Å². The minimum atomic E-state index is -0.502. The van der Waals surface area contributed by atoms with Crippen LogP contribution in [0.25, 0.3) is 11.1 Å². The van der Waals surface area contributed by atoms with E-state index in [4.69, 9.17) is 28.9 Å². The second-order valence-electron chi connectivity index (χ2n) is 9.25. The molecule has 2 atom stereocenters. The highest BCUT2D eigenvalue weighted by atomic mass is 35.5. The molecule has 5 nitrogen and oxygen atoms in total. The second-order valence-corrected chi connectivity index (χ2v) is 10.1. The molecule has 2 unspecified atom stereocenters. The summed E-state index contributed by atoms with van der Waals surface area (Å²) in [6, 6.07) is 16.3. The van der Waals surface area contributed by atoms with Crippen molar-refractivity contribution in [3.8, 4) is 11.1 Å². The Balaban J connectivity index is 1.57. The van der Waals surface area contributed by atoms with E-state index in [1.807, 2.05) is 19.1 Å². The summed E-state index contributed by atoms with van der Waals surface area (Å²) in [4.78, 5) is 29.2. The van der Waals surface area contributed by atoms with Gasteiger partial charge in [0.15, 0.2) is 0 Å². The lowest BCUT2D eigenvalue weighted by molar-refractivity contribution is 0.0987. The second kappa shape index (κ2) is 8.64. The highest BCUT2D eigenvalue weighted by Gasteiger charge is 2.45. The first-order valence-corrected chi connectivity index (χ1v) is 12.0. The van der Waals surface area contributed by atoms with Gasteiger partial charge >= 0.3 is 0 Å². The molecule has 0 bridgehead atoms. The van der Waals surface area contributed by atoms with Crippen molar-refractivity contribution in [2.24, 2.45) is 17.6 Å². The smallest absolute Gasteiger partial charge is 0.258 e. The number of fused-ring (bicyclic) bond motifs is 1. The number of carbonyl (C=O) groups is 2. The highest BCUT2D eigenvalue weighted by molar-refractivity contribution is 6.33. The molecule has 0 radical (unpaired) electrons. The van der Waals surface area contributed by atoms with Crippen LogP contribution in [0, 0.1) is 18.8 Å². The van der Waals surface area contributed by atoms with E-state index < -0.39 is 5.91 Å². The number of aryl methyl sites for hydroxylation is 1. The van der Waals surface area contributed by atoms with Gasteiger partial charge in [-0.3, -0.25) is 9.59 Å². The van der Waals surface area contributed by atoms with Gasteiger partial charge in [-0.25, -0.2) is 0 Å². The number of piperidine rings is 1. The monoisotopic (exact) mass is 493 g/mol. The number of primary amides is 1. The van der Waals surface area contributed by atoms with Gasteiger partial charge in [0.1, 0.15) is 0 Å². The van der Waals surface area contributed by atoms with Crippen LogP contribution in [0.5, 0.6) is 0 Å². The van der Waals surface area contributed by atoms with Crippen LogP contribution in [0.1, 0.15) is 32.7 Å². The van der Waals surface area contributed by atoms with Gasteiger partial charge in [0.05, 0.1) is 11.4 Å². The zero-order valence-corrected chi connectivity index (χ0v) is 20.5. The van der Waals surface area contributed by atoms with E-state index in [0.717, 1.165) is 53.0 Å². The van der Waals surface area contributed by atoms with Crippen LogP contribution in [0.15, 0.2) is 54.6 Å². The van der Waals surface area contributed by atoms with E-state index >= 15 is 0 Å². The Morgan fingerprint density at radius 1 is 1.00 bits per heavy atom. The topological polar surface area (TPSA) is 66.6 Å². The van der Waals surface area contributed by atoms with E-state index in [1.165, 1.54) is 6.42 Å². The lowest BCUT2D eigenvalue weighted by Gasteiger charge is -2.29. The Bertz CT molecular complexity index is 1310. The SMILES string of the molecule is Cc1cc(Cl)ccc1C(=O)N(C)c1ccc(-c2cc(C(N)=O)ccc2Cl)cc1N1CC2CC2C1. The number of halogens is 2. The first-order valence-electron chi connectivity index (χ1n) is 11.3. The Morgan fingerprint density at radius 2 is 1.74 bits per heavy atom. The van der Waals surface area contributed by atoms with Crippen molar-refractivity contribution in [3.63, 3.8) is 0 Å². The van der Waals surface area contributed by atoms with Gasteiger partial charge in [0.25, 0.3) is 5.91 Å². The molecule has 5 rings (SSSR count). The number of nitrogens with zero attached hydrogens (tertiary/aromatic N) is 2. The number of nitrogens with two attached hydrogens (primary N) is 1. The largest absolute Gasteiger partial charge is 0.369 e. The lowest BCUT2D eigenvalue weighted by Crippen LogP contribution is -2.30. The van der Waals surface area contributed by atoms with Gasteiger partial charge in [-0.1, -0.05) is 29.3 Å². The Labute approximate surface area is 209 Å². The summed E-state index contributed by atoms with van der Waals surface area (Å²) in [5.41, 5.74) is 10.8. The van der Waals surface area contributed by atoms with E-state index in [1.54, 1.807) is 48.3 Å². The molecule has 1 saturated heterocycles. The third-order valence-corrected chi connectivity index (χ3v) is 7.51. The van der Waals surface area contributed by atoms with Crippen molar-refractivity contribution in [3.05, 3.63) is 81.3 Å². The van der Waals surface area contributed by atoms with Crippen molar-refractivity contribution in [2.45, 2.75) is 13.3 Å². The molecule has 34 heavy (non-hydrogen) atoms. The van der Waals surface area contributed by atoms with E-state index in [-0.39, 0.29) is 5.91 Å². The lowest BCUT2D eigenvalue weighted by atomic mass is 10.0. The molecule has 2 amide bonds. The van der Waals surface area contributed by atoms with E-state index in [2.05, 4.69) is 11.0 Å². The molecule has 3 aromatic carbocycles. The fourth-order valence-corrected chi connectivity index (χ4v) is 5.33. The molecule has 1 aliphatic carbocycles. The van der Waals surface area contributed by atoms with Crippen LogP contribution in [0.2, 0.25) is 10.0 Å². The number of benzene rings is 3. The molecule has 0 spiro atoms. The molecule has 2 fully saturated rings. The minimum Gasteiger partial charge on any atom is -0.369 e. The van der Waals surface area contributed by atoms with Gasteiger partial charge in [0, 0.05) is 46.9 Å². The molecule has 7 heteroatoms. The number of carbonyl (C=O) groups excluding carboxylic acids is 2. The maximum absolute atomic E-state index is 13.4. The number of hydrogen-bond acceptors (Lipinski definition) is 3. The van der Waals surface area contributed by atoms with Crippen LogP contribution < -0.4 is 15.5 Å². The van der Waals surface area contributed by atoms with Crippen molar-refractivity contribution in [2.75, 3.05) is 29.9 Å². The summed E-state index contributed by atoms with van der Waals surface area (Å²) in [5.74, 6) is 0.843. The number of amides is 2. The Hall–Kier alpha value is -3.02. The van der Waals surface area contributed by atoms with Crippen LogP contribution in [-0.2, 0) is 0 Å². The van der Waals surface area contributed by atoms with Gasteiger partial charge in [-0.05, 0) is 84.8 Å². The molecule has 3 aromatic rings. The third kappa shape index (κ3) is 4.15. The summed E-state index contributed by atoms with van der Waals surface area (Å²) in [7, 11) is 1.80. The molecule has 1 aliphatic heterocycles. The molecule has 0 aromatic heterocycles. The van der Waals surface area contributed by atoms with E-state index in [9.17, 15) is 9.59 Å². The normalized spacial score (nSPS) is 18.5. The standard InChI is InChI=1S/C27H25Cl2N3O2/c1-15-9-20(28)5-6-21(15)27(34)31(2)24-8-4-16(12-25(24)32-13-18-10-19(18)14-32)22-11-17(26(30)33)3-7-23(22)29/h3-9,11-12,18-19H,10,13-14H2,1-2H3,(H2,30,33). The van der Waals surface area contributed by atoms with Gasteiger partial charge < -0.3 is 15.5 Å². The molecule has 1 heterocycles. The summed E-state index contributed by atoms with van der Waals surface area (Å²) < 4.78 is 0. The summed E-state index contributed by atoms with van der Waals surface area (Å²) >= 11 is 12.6. The molecule has 2 aliphatic rings. The van der Waals surface area contributed by atoms with Gasteiger partial charge in [-0.15, -0.1) is 0 Å². The summed E-state index contributed by atoms with van der Waals surface area (Å²) in [6.07, 6.45) is 1.27. The highest BCUT2D eigenvalue weighted by Crippen LogP contribution is 2.48. The number of anilines is 2. The zero-order valence-electron chi connectivity index (χ0n) is 19.0.